The number of hydrogen-bond acceptors (Lipinski definition) is 5. The fourth-order valence-corrected chi connectivity index (χ4v) is 3.43. The zero-order chi connectivity index (χ0) is 19.7. The van der Waals surface area contributed by atoms with Gasteiger partial charge in [0.1, 0.15) is 11.2 Å². The monoisotopic (exact) mass is 367 g/mol. The van der Waals surface area contributed by atoms with Crippen molar-refractivity contribution in [2.45, 2.75) is 13.8 Å². The molecule has 2 aromatic carbocycles. The number of hydrogen-bond donors (Lipinski definition) is 0. The van der Waals surface area contributed by atoms with Gasteiger partial charge in [0, 0.05) is 53.2 Å². The van der Waals surface area contributed by atoms with E-state index in [0.29, 0.717) is 33.4 Å². The number of nitriles is 1. The second-order valence-corrected chi connectivity index (χ2v) is 6.38. The van der Waals surface area contributed by atoms with Crippen molar-refractivity contribution in [1.29, 1.82) is 5.26 Å². The van der Waals surface area contributed by atoms with E-state index in [1.165, 1.54) is 6.07 Å². The average Bonchev–Trinajstić information content (AvgIpc) is 2.72. The van der Waals surface area contributed by atoms with Crippen LogP contribution in [0.3, 0.4) is 0 Å². The maximum absolute atomic E-state index is 12.5. The normalized spacial score (nSPS) is 10.6. The van der Waals surface area contributed by atoms with Crippen LogP contribution in [0.2, 0.25) is 0 Å². The van der Waals surface area contributed by atoms with E-state index in [-0.39, 0.29) is 5.43 Å². The summed E-state index contributed by atoms with van der Waals surface area (Å²) < 4.78 is 6.06. The Morgan fingerprint density at radius 3 is 2.64 bits per heavy atom. The van der Waals surface area contributed by atoms with Crippen LogP contribution in [0, 0.1) is 23.2 Å². The summed E-state index contributed by atoms with van der Waals surface area (Å²) in [5, 5.41) is 9.89. The van der Waals surface area contributed by atoms with Gasteiger partial charge in [-0.05, 0) is 44.2 Å². The third-order valence-electron chi connectivity index (χ3n) is 4.82. The maximum atomic E-state index is 12.5. The third kappa shape index (κ3) is 2.94. The van der Waals surface area contributed by atoms with Gasteiger partial charge in [-0.1, -0.05) is 5.92 Å². The van der Waals surface area contributed by atoms with Crippen molar-refractivity contribution in [2.24, 2.45) is 0 Å². The minimum atomic E-state index is -0.132. The molecular formula is C23H17N3O2. The summed E-state index contributed by atoms with van der Waals surface area (Å²) in [5.74, 6) is 5.58. The van der Waals surface area contributed by atoms with Gasteiger partial charge in [-0.25, -0.2) is 4.98 Å². The molecule has 0 saturated heterocycles. The van der Waals surface area contributed by atoms with Crippen LogP contribution in [0.1, 0.15) is 19.4 Å². The fourth-order valence-electron chi connectivity index (χ4n) is 3.43. The third-order valence-corrected chi connectivity index (χ3v) is 4.82. The number of anilines is 1. The van der Waals surface area contributed by atoms with E-state index in [0.717, 1.165) is 24.3 Å². The summed E-state index contributed by atoms with van der Waals surface area (Å²) in [6.07, 6.45) is 0. The number of benzene rings is 3. The molecule has 5 nitrogen and oxygen atoms in total. The smallest absolute Gasteiger partial charge is 0.190 e. The summed E-state index contributed by atoms with van der Waals surface area (Å²) in [4.78, 5) is 19.5. The summed E-state index contributed by atoms with van der Waals surface area (Å²) >= 11 is 0. The van der Waals surface area contributed by atoms with E-state index >= 15 is 0 Å². The van der Waals surface area contributed by atoms with E-state index in [2.05, 4.69) is 30.6 Å². The Morgan fingerprint density at radius 1 is 1.07 bits per heavy atom. The molecular weight excluding hydrogens is 350 g/mol. The number of rotatable bonds is 3. The molecule has 0 atom stereocenters. The first-order valence-corrected chi connectivity index (χ1v) is 9.11. The molecule has 4 rings (SSSR count). The Morgan fingerprint density at radius 2 is 1.89 bits per heavy atom. The average molecular weight is 367 g/mol. The van der Waals surface area contributed by atoms with Crippen molar-refractivity contribution in [3.8, 4) is 29.4 Å². The van der Waals surface area contributed by atoms with Gasteiger partial charge in [-0.3, -0.25) is 4.79 Å². The molecule has 0 spiro atoms. The van der Waals surface area contributed by atoms with E-state index < -0.39 is 0 Å². The highest BCUT2D eigenvalue weighted by Crippen LogP contribution is 2.32. The summed E-state index contributed by atoms with van der Waals surface area (Å²) in [5.41, 5.74) is 3.54. The van der Waals surface area contributed by atoms with Gasteiger partial charge in [0.15, 0.2) is 22.8 Å². The Hall–Kier alpha value is -3.83. The molecule has 0 amide bonds. The van der Waals surface area contributed by atoms with Crippen LogP contribution in [0.4, 0.5) is 5.69 Å². The maximum Gasteiger partial charge on any atom is 0.190 e. The highest BCUT2D eigenvalue weighted by atomic mass is 16.3. The molecule has 0 radical (unpaired) electrons. The first-order chi connectivity index (χ1) is 13.6. The van der Waals surface area contributed by atoms with E-state index in [9.17, 15) is 4.79 Å². The molecule has 0 unspecified atom stereocenters. The zero-order valence-electron chi connectivity index (χ0n) is 15.6. The van der Waals surface area contributed by atoms with E-state index in [1.54, 1.807) is 24.3 Å². The molecule has 2 aromatic rings. The second kappa shape index (κ2) is 7.06. The van der Waals surface area contributed by atoms with Crippen LogP contribution < -0.4 is 10.3 Å². The molecule has 1 aliphatic heterocycles. The largest absolute Gasteiger partial charge is 0.453 e. The number of fused-ring (bicyclic) bond motifs is 4. The quantitative estimate of drug-likeness (QED) is 0.309. The SMILES string of the molecule is CCN(CC)c1ccc2nc3c4cc(C#CC#N)ccc4c(=O)cc-3oc2c1. The zero-order valence-corrected chi connectivity index (χ0v) is 15.6. The first kappa shape index (κ1) is 17.6. The van der Waals surface area contributed by atoms with Crippen molar-refractivity contribution < 1.29 is 4.42 Å². The van der Waals surface area contributed by atoms with Gasteiger partial charge in [0.05, 0.1) is 0 Å². The van der Waals surface area contributed by atoms with Crippen LogP contribution in [0.25, 0.3) is 33.3 Å². The molecule has 28 heavy (non-hydrogen) atoms. The minimum Gasteiger partial charge on any atom is -0.453 e. The Labute approximate surface area is 162 Å². The molecule has 0 bridgehead atoms. The standard InChI is InChI=1S/C23H17N3O2/c1-3-26(4-2)16-8-10-19-21(13-16)28-22-14-20(27)17-9-7-15(6-5-11-24)12-18(17)23(22)25-19/h7-10,12-14H,3-4H2,1-2H3. The van der Waals surface area contributed by atoms with E-state index in [1.807, 2.05) is 18.2 Å². The molecule has 5 heteroatoms. The first-order valence-electron chi connectivity index (χ1n) is 9.11. The van der Waals surface area contributed by atoms with Crippen molar-refractivity contribution in [2.75, 3.05) is 18.0 Å². The van der Waals surface area contributed by atoms with Gasteiger partial charge in [-0.15, -0.1) is 0 Å². The highest BCUT2D eigenvalue weighted by molar-refractivity contribution is 5.97. The number of aromatic nitrogens is 1. The van der Waals surface area contributed by atoms with Crippen molar-refractivity contribution in [3.05, 3.63) is 58.3 Å². The van der Waals surface area contributed by atoms with Crippen molar-refractivity contribution >= 4 is 27.6 Å². The lowest BCUT2D eigenvalue weighted by molar-refractivity contribution is 0.613. The lowest BCUT2D eigenvalue weighted by Crippen LogP contribution is -2.21. The molecule has 1 heterocycles. The Balaban J connectivity index is 2.00. The predicted octanol–water partition coefficient (Wildman–Crippen LogP) is 4.17. The second-order valence-electron chi connectivity index (χ2n) is 6.38. The Kier molecular flexibility index (Phi) is 4.43. The summed E-state index contributed by atoms with van der Waals surface area (Å²) in [7, 11) is 0. The predicted molar refractivity (Wildman–Crippen MR) is 110 cm³/mol. The van der Waals surface area contributed by atoms with Gasteiger partial charge < -0.3 is 9.32 Å². The topological polar surface area (TPSA) is 70.1 Å². The van der Waals surface area contributed by atoms with Crippen molar-refractivity contribution in [1.82, 2.24) is 4.98 Å². The minimum absolute atomic E-state index is 0.132. The fraction of sp³-hybridized carbons (Fsp3) is 0.174. The molecule has 136 valence electrons. The summed E-state index contributed by atoms with van der Waals surface area (Å²) in [6, 6.07) is 14.4. The highest BCUT2D eigenvalue weighted by Gasteiger charge is 2.16. The molecule has 0 saturated carbocycles. The van der Waals surface area contributed by atoms with E-state index in [4.69, 9.17) is 14.7 Å². The number of nitrogens with zero attached hydrogens (tertiary/aromatic N) is 3. The van der Waals surface area contributed by atoms with Gasteiger partial charge in [0.2, 0.25) is 0 Å². The molecule has 0 fully saturated rings. The molecule has 0 N–H and O–H groups in total. The van der Waals surface area contributed by atoms with Crippen LogP contribution in [-0.4, -0.2) is 18.1 Å². The lowest BCUT2D eigenvalue weighted by atomic mass is 10.0. The summed E-state index contributed by atoms with van der Waals surface area (Å²) in [6.45, 7) is 5.99. The van der Waals surface area contributed by atoms with Gasteiger partial charge in [0.25, 0.3) is 0 Å². The van der Waals surface area contributed by atoms with Gasteiger partial charge >= 0.3 is 0 Å². The van der Waals surface area contributed by atoms with Crippen LogP contribution in [0.5, 0.6) is 0 Å². The van der Waals surface area contributed by atoms with Gasteiger partial charge in [-0.2, -0.15) is 5.26 Å². The van der Waals surface area contributed by atoms with Crippen molar-refractivity contribution in [3.63, 3.8) is 0 Å². The lowest BCUT2D eigenvalue weighted by Gasteiger charge is -2.21. The van der Waals surface area contributed by atoms with Crippen LogP contribution in [0.15, 0.2) is 51.7 Å². The van der Waals surface area contributed by atoms with Crippen LogP contribution in [-0.2, 0) is 0 Å². The van der Waals surface area contributed by atoms with Crippen LogP contribution >= 0.6 is 0 Å². The molecule has 2 aliphatic rings. The molecule has 1 aliphatic carbocycles. The molecule has 0 aromatic heterocycles. The Bertz CT molecular complexity index is 1330.